The molecule has 3 heteroatoms. The van der Waals surface area contributed by atoms with Gasteiger partial charge in [0.25, 0.3) is 5.84 Å². The van der Waals surface area contributed by atoms with Crippen LogP contribution in [0, 0.1) is 0 Å². The van der Waals surface area contributed by atoms with Crippen LogP contribution in [0.3, 0.4) is 0 Å². The van der Waals surface area contributed by atoms with E-state index in [0.717, 1.165) is 23.8 Å². The first-order valence-electron chi connectivity index (χ1n) is 5.97. The summed E-state index contributed by atoms with van der Waals surface area (Å²) in [7, 11) is 1.67. The zero-order valence-electron chi connectivity index (χ0n) is 10.2. The van der Waals surface area contributed by atoms with Crippen LogP contribution in [0.4, 0.5) is 5.69 Å². The van der Waals surface area contributed by atoms with E-state index >= 15 is 0 Å². The fraction of sp³-hybridized carbons (Fsp3) is 0.133. The molecule has 1 aliphatic rings. The van der Waals surface area contributed by atoms with Gasteiger partial charge >= 0.3 is 0 Å². The van der Waals surface area contributed by atoms with E-state index in [2.05, 4.69) is 34.6 Å². The van der Waals surface area contributed by atoms with E-state index in [9.17, 15) is 0 Å². The van der Waals surface area contributed by atoms with Gasteiger partial charge in [-0.1, -0.05) is 18.2 Å². The van der Waals surface area contributed by atoms with Crippen molar-refractivity contribution >= 4 is 11.5 Å². The van der Waals surface area contributed by atoms with Gasteiger partial charge in [0.15, 0.2) is 0 Å². The maximum Gasteiger partial charge on any atom is 0.280 e. The van der Waals surface area contributed by atoms with Crippen molar-refractivity contribution in [3.63, 3.8) is 0 Å². The van der Waals surface area contributed by atoms with Crippen LogP contribution in [0.5, 0.6) is 5.75 Å². The Morgan fingerprint density at radius 2 is 1.83 bits per heavy atom. The number of anilines is 1. The minimum atomic E-state index is 0.866. The molecular weight excluding hydrogens is 224 g/mol. The molecule has 0 radical (unpaired) electrons. The average Bonchev–Trinajstić information content (AvgIpc) is 2.83. The molecule has 90 valence electrons. The maximum absolute atomic E-state index is 5.15. The third kappa shape index (κ3) is 1.95. The first kappa shape index (κ1) is 10.8. The van der Waals surface area contributed by atoms with Gasteiger partial charge in [0, 0.05) is 5.56 Å². The number of fused-ring (bicyclic) bond motifs is 1. The number of hydrogen-bond donors (Lipinski definition) is 2. The number of rotatable bonds is 2. The normalized spacial score (nSPS) is 12.8. The van der Waals surface area contributed by atoms with Crippen LogP contribution < -0.4 is 15.0 Å². The highest BCUT2D eigenvalue weighted by molar-refractivity contribution is 6.06. The van der Waals surface area contributed by atoms with Crippen molar-refractivity contribution in [1.29, 1.82) is 0 Å². The van der Waals surface area contributed by atoms with E-state index in [4.69, 9.17) is 4.74 Å². The molecule has 0 amide bonds. The van der Waals surface area contributed by atoms with Gasteiger partial charge in [-0.2, -0.15) is 0 Å². The summed E-state index contributed by atoms with van der Waals surface area (Å²) >= 11 is 0. The Labute approximate surface area is 106 Å². The van der Waals surface area contributed by atoms with E-state index in [1.165, 1.54) is 11.1 Å². The van der Waals surface area contributed by atoms with Crippen molar-refractivity contribution < 1.29 is 9.73 Å². The summed E-state index contributed by atoms with van der Waals surface area (Å²) in [5, 5.41) is 3.40. The Morgan fingerprint density at radius 1 is 1.06 bits per heavy atom. The summed E-state index contributed by atoms with van der Waals surface area (Å²) in [6.45, 7) is 0.884. The summed E-state index contributed by atoms with van der Waals surface area (Å²) in [4.78, 5) is 3.37. The van der Waals surface area contributed by atoms with Crippen molar-refractivity contribution in [3.05, 3.63) is 59.7 Å². The van der Waals surface area contributed by atoms with Crippen LogP contribution >= 0.6 is 0 Å². The number of ether oxygens (including phenoxy) is 1. The van der Waals surface area contributed by atoms with E-state index in [1.807, 2.05) is 24.3 Å². The molecule has 0 fully saturated rings. The second-order valence-electron chi connectivity index (χ2n) is 4.24. The molecule has 0 aliphatic carbocycles. The first-order chi connectivity index (χ1) is 8.86. The predicted molar refractivity (Wildman–Crippen MR) is 71.8 cm³/mol. The standard InChI is InChI=1S/C15H14N2O/c1-18-13-8-6-12(7-9-13)17-15-14-5-3-2-4-11(14)10-16-15/h2-9H,10H2,1H3,(H,16,17)/p+1. The van der Waals surface area contributed by atoms with E-state index in [-0.39, 0.29) is 0 Å². The molecule has 0 bridgehead atoms. The van der Waals surface area contributed by atoms with Gasteiger partial charge in [-0.15, -0.1) is 0 Å². The Hall–Kier alpha value is -2.29. The molecule has 1 aliphatic heterocycles. The van der Waals surface area contributed by atoms with Crippen LogP contribution in [0.15, 0.2) is 48.5 Å². The lowest BCUT2D eigenvalue weighted by atomic mass is 10.1. The van der Waals surface area contributed by atoms with Crippen LogP contribution in [0.2, 0.25) is 0 Å². The Morgan fingerprint density at radius 3 is 2.61 bits per heavy atom. The number of amidine groups is 1. The molecule has 3 nitrogen and oxygen atoms in total. The lowest BCUT2D eigenvalue weighted by molar-refractivity contribution is -0.469. The number of methoxy groups -OCH3 is 1. The van der Waals surface area contributed by atoms with Gasteiger partial charge < -0.3 is 4.74 Å². The van der Waals surface area contributed by atoms with Crippen molar-refractivity contribution in [2.24, 2.45) is 0 Å². The van der Waals surface area contributed by atoms with Crippen molar-refractivity contribution in [2.75, 3.05) is 12.4 Å². The lowest BCUT2D eigenvalue weighted by Crippen LogP contribution is -2.69. The molecule has 18 heavy (non-hydrogen) atoms. The summed E-state index contributed by atoms with van der Waals surface area (Å²) in [6, 6.07) is 16.3. The molecule has 3 rings (SSSR count). The lowest BCUT2D eigenvalue weighted by Gasteiger charge is -2.02. The highest BCUT2D eigenvalue weighted by Gasteiger charge is 2.20. The Bertz CT molecular complexity index is 588. The molecule has 2 aromatic rings. The monoisotopic (exact) mass is 239 g/mol. The summed E-state index contributed by atoms with van der Waals surface area (Å²) in [5.41, 5.74) is 3.62. The Balaban J connectivity index is 1.81. The van der Waals surface area contributed by atoms with Crippen molar-refractivity contribution in [1.82, 2.24) is 0 Å². The topological polar surface area (TPSA) is 35.2 Å². The summed E-state index contributed by atoms with van der Waals surface area (Å²) in [5.74, 6) is 1.93. The largest absolute Gasteiger partial charge is 0.497 e. The smallest absolute Gasteiger partial charge is 0.280 e. The molecule has 0 saturated heterocycles. The van der Waals surface area contributed by atoms with Crippen LogP contribution in [0.1, 0.15) is 11.1 Å². The highest BCUT2D eigenvalue weighted by Crippen LogP contribution is 2.17. The third-order valence-corrected chi connectivity index (χ3v) is 3.10. The molecule has 0 saturated carbocycles. The zero-order valence-corrected chi connectivity index (χ0v) is 10.2. The van der Waals surface area contributed by atoms with E-state index in [0.29, 0.717) is 0 Å². The van der Waals surface area contributed by atoms with Crippen molar-refractivity contribution in [3.8, 4) is 5.75 Å². The highest BCUT2D eigenvalue weighted by atomic mass is 16.5. The molecule has 2 aromatic carbocycles. The maximum atomic E-state index is 5.15. The minimum absolute atomic E-state index is 0.866. The summed E-state index contributed by atoms with van der Waals surface area (Å²) < 4.78 is 5.15. The number of hydrogen-bond acceptors (Lipinski definition) is 2. The molecule has 0 spiro atoms. The van der Waals surface area contributed by atoms with E-state index in [1.54, 1.807) is 7.11 Å². The molecule has 0 aromatic heterocycles. The molecule has 1 heterocycles. The zero-order chi connectivity index (χ0) is 12.4. The van der Waals surface area contributed by atoms with Gasteiger partial charge in [-0.05, 0) is 30.3 Å². The average molecular weight is 239 g/mol. The number of nitrogens with one attached hydrogen (secondary N) is 2. The molecule has 0 unspecified atom stereocenters. The van der Waals surface area contributed by atoms with Crippen LogP contribution in [-0.4, -0.2) is 12.9 Å². The van der Waals surface area contributed by atoms with Gasteiger partial charge in [0.05, 0.1) is 12.7 Å². The molecule has 0 atom stereocenters. The quantitative estimate of drug-likeness (QED) is 0.824. The van der Waals surface area contributed by atoms with Gasteiger partial charge in [-0.3, -0.25) is 4.99 Å². The molecule has 2 N–H and O–H groups in total. The second-order valence-corrected chi connectivity index (χ2v) is 4.24. The minimum Gasteiger partial charge on any atom is -0.497 e. The van der Waals surface area contributed by atoms with Crippen LogP contribution in [-0.2, 0) is 6.54 Å². The third-order valence-electron chi connectivity index (χ3n) is 3.10. The SMILES string of the molecule is COc1ccc(NC2=[NH+]Cc3ccccc32)cc1. The second kappa shape index (κ2) is 4.53. The van der Waals surface area contributed by atoms with Gasteiger partial charge in [0.1, 0.15) is 18.0 Å². The van der Waals surface area contributed by atoms with E-state index < -0.39 is 0 Å². The summed E-state index contributed by atoms with van der Waals surface area (Å²) in [6.07, 6.45) is 0. The number of benzene rings is 2. The Kier molecular flexibility index (Phi) is 2.73. The molecular formula is C15H15N2O+. The fourth-order valence-corrected chi connectivity index (χ4v) is 2.13. The van der Waals surface area contributed by atoms with Gasteiger partial charge in [0.2, 0.25) is 0 Å². The van der Waals surface area contributed by atoms with Crippen molar-refractivity contribution in [2.45, 2.75) is 6.54 Å². The predicted octanol–water partition coefficient (Wildman–Crippen LogP) is 1.15. The van der Waals surface area contributed by atoms with Crippen LogP contribution in [0.25, 0.3) is 0 Å². The first-order valence-corrected chi connectivity index (χ1v) is 5.97. The fourth-order valence-electron chi connectivity index (χ4n) is 2.13. The van der Waals surface area contributed by atoms with Gasteiger partial charge in [-0.25, -0.2) is 5.32 Å².